The summed E-state index contributed by atoms with van der Waals surface area (Å²) in [6.45, 7) is 2.59. The van der Waals surface area contributed by atoms with E-state index in [1.807, 2.05) is 5.06 Å². The molecule has 1 aliphatic heterocycles. The van der Waals surface area contributed by atoms with Gasteiger partial charge in [0.15, 0.2) is 0 Å². The van der Waals surface area contributed by atoms with Crippen molar-refractivity contribution in [1.82, 2.24) is 19.9 Å². The molecule has 118 valence electrons. The highest BCUT2D eigenvalue weighted by atomic mass is 19.1. The van der Waals surface area contributed by atoms with E-state index in [2.05, 4.69) is 9.97 Å². The highest BCUT2D eigenvalue weighted by Gasteiger charge is 2.16. The third kappa shape index (κ3) is 3.42. The number of hydroxylamine groups is 2. The second-order valence-corrected chi connectivity index (χ2v) is 5.46. The zero-order valence-corrected chi connectivity index (χ0v) is 12.5. The van der Waals surface area contributed by atoms with E-state index in [-0.39, 0.29) is 11.7 Å². The molecule has 7 heteroatoms. The number of nitrogens with one attached hydrogen (secondary N) is 1. The van der Waals surface area contributed by atoms with Gasteiger partial charge in [-0.15, -0.1) is 0 Å². The van der Waals surface area contributed by atoms with Gasteiger partial charge >= 0.3 is 0 Å². The first kappa shape index (κ1) is 14.9. The highest BCUT2D eigenvalue weighted by molar-refractivity contribution is 5.77. The molecular formula is C15H19FN4O2. The van der Waals surface area contributed by atoms with E-state index in [4.69, 9.17) is 4.84 Å². The van der Waals surface area contributed by atoms with Crippen molar-refractivity contribution in [3.63, 3.8) is 0 Å². The minimum absolute atomic E-state index is 0.0298. The Morgan fingerprint density at radius 1 is 1.55 bits per heavy atom. The van der Waals surface area contributed by atoms with Crippen molar-refractivity contribution in [2.75, 3.05) is 26.7 Å². The van der Waals surface area contributed by atoms with Gasteiger partial charge in [-0.1, -0.05) is 0 Å². The summed E-state index contributed by atoms with van der Waals surface area (Å²) in [7, 11) is 1.74. The number of benzene rings is 1. The summed E-state index contributed by atoms with van der Waals surface area (Å²) in [5, 5.41) is 1.83. The molecule has 22 heavy (non-hydrogen) atoms. The van der Waals surface area contributed by atoms with E-state index in [0.29, 0.717) is 36.4 Å². The van der Waals surface area contributed by atoms with Gasteiger partial charge in [-0.2, -0.15) is 5.06 Å². The fourth-order valence-corrected chi connectivity index (χ4v) is 2.51. The SMILES string of the molecule is CN(Cc1nc2ccc(F)cc2[nH]1)C(=O)CCN1CCCO1. The van der Waals surface area contributed by atoms with Crippen molar-refractivity contribution < 1.29 is 14.0 Å². The smallest absolute Gasteiger partial charge is 0.224 e. The number of halogens is 1. The number of nitrogens with zero attached hydrogens (tertiary/aromatic N) is 3. The molecule has 0 atom stereocenters. The third-order valence-electron chi connectivity index (χ3n) is 3.71. The second-order valence-electron chi connectivity index (χ2n) is 5.46. The summed E-state index contributed by atoms with van der Waals surface area (Å²) in [5.41, 5.74) is 1.34. The monoisotopic (exact) mass is 306 g/mol. The van der Waals surface area contributed by atoms with E-state index >= 15 is 0 Å². The van der Waals surface area contributed by atoms with Crippen LogP contribution in [0.3, 0.4) is 0 Å². The first-order chi connectivity index (χ1) is 10.6. The van der Waals surface area contributed by atoms with Gasteiger partial charge in [0, 0.05) is 26.6 Å². The number of carbonyl (C=O) groups is 1. The number of carbonyl (C=O) groups excluding carboxylic acids is 1. The Bertz CT molecular complexity index is 667. The molecule has 3 rings (SSSR count). The molecule has 1 aromatic heterocycles. The number of rotatable bonds is 5. The molecule has 0 saturated carbocycles. The largest absolute Gasteiger partial charge is 0.340 e. The van der Waals surface area contributed by atoms with Gasteiger partial charge in [-0.05, 0) is 24.6 Å². The molecule has 2 heterocycles. The molecule has 1 amide bonds. The lowest BCUT2D eigenvalue weighted by Crippen LogP contribution is -2.30. The van der Waals surface area contributed by atoms with Gasteiger partial charge in [0.2, 0.25) is 5.91 Å². The van der Waals surface area contributed by atoms with Crippen molar-refractivity contribution in [3.8, 4) is 0 Å². The summed E-state index contributed by atoms with van der Waals surface area (Å²) >= 11 is 0. The summed E-state index contributed by atoms with van der Waals surface area (Å²) in [5.74, 6) is 0.369. The quantitative estimate of drug-likeness (QED) is 0.913. The summed E-state index contributed by atoms with van der Waals surface area (Å²) < 4.78 is 13.2. The standard InChI is InChI=1S/C15H19FN4O2/c1-19(15(21)5-7-20-6-2-8-22-20)10-14-17-12-4-3-11(16)9-13(12)18-14/h3-4,9H,2,5-8,10H2,1H3,(H,17,18). The molecule has 0 spiro atoms. The van der Waals surface area contributed by atoms with Crippen molar-refractivity contribution in [1.29, 1.82) is 0 Å². The Labute approximate surface area is 127 Å². The average Bonchev–Trinajstić information content (AvgIpc) is 3.12. The first-order valence-corrected chi connectivity index (χ1v) is 7.38. The van der Waals surface area contributed by atoms with Crippen LogP contribution in [0.15, 0.2) is 18.2 Å². The molecule has 0 aliphatic carbocycles. The summed E-state index contributed by atoms with van der Waals surface area (Å²) in [6.07, 6.45) is 1.42. The lowest BCUT2D eigenvalue weighted by atomic mass is 10.3. The molecule has 0 radical (unpaired) electrons. The van der Waals surface area contributed by atoms with Crippen LogP contribution in [0.1, 0.15) is 18.7 Å². The fraction of sp³-hybridized carbons (Fsp3) is 0.467. The minimum Gasteiger partial charge on any atom is -0.340 e. The van der Waals surface area contributed by atoms with Crippen LogP contribution in [-0.2, 0) is 16.2 Å². The van der Waals surface area contributed by atoms with Gasteiger partial charge < -0.3 is 9.88 Å². The van der Waals surface area contributed by atoms with Gasteiger partial charge in [0.1, 0.15) is 11.6 Å². The number of aromatic amines is 1. The summed E-state index contributed by atoms with van der Waals surface area (Å²) in [6, 6.07) is 4.40. The van der Waals surface area contributed by atoms with E-state index in [0.717, 1.165) is 19.6 Å². The Morgan fingerprint density at radius 2 is 2.41 bits per heavy atom. The maximum absolute atomic E-state index is 13.2. The number of aromatic nitrogens is 2. The van der Waals surface area contributed by atoms with Crippen LogP contribution in [0.5, 0.6) is 0 Å². The maximum Gasteiger partial charge on any atom is 0.224 e. The lowest BCUT2D eigenvalue weighted by molar-refractivity contribution is -0.138. The van der Waals surface area contributed by atoms with Crippen LogP contribution in [0.4, 0.5) is 4.39 Å². The van der Waals surface area contributed by atoms with Crippen LogP contribution < -0.4 is 0 Å². The topological polar surface area (TPSA) is 61.5 Å². The van der Waals surface area contributed by atoms with E-state index in [9.17, 15) is 9.18 Å². The molecule has 1 fully saturated rings. The van der Waals surface area contributed by atoms with Crippen molar-refractivity contribution in [2.24, 2.45) is 0 Å². The molecule has 1 saturated heterocycles. The Balaban J connectivity index is 1.57. The Kier molecular flexibility index (Phi) is 4.35. The zero-order chi connectivity index (χ0) is 15.5. The number of H-pyrrole nitrogens is 1. The van der Waals surface area contributed by atoms with Crippen LogP contribution in [0.25, 0.3) is 11.0 Å². The van der Waals surface area contributed by atoms with Gasteiger partial charge in [-0.25, -0.2) is 9.37 Å². The zero-order valence-electron chi connectivity index (χ0n) is 12.5. The summed E-state index contributed by atoms with van der Waals surface area (Å²) in [4.78, 5) is 26.5. The van der Waals surface area contributed by atoms with Crippen molar-refractivity contribution >= 4 is 16.9 Å². The second kappa shape index (κ2) is 6.41. The van der Waals surface area contributed by atoms with Gasteiger partial charge in [0.05, 0.1) is 24.2 Å². The number of fused-ring (bicyclic) bond motifs is 1. The number of imidazole rings is 1. The molecule has 0 bridgehead atoms. The molecule has 1 N–H and O–H groups in total. The normalized spacial score (nSPS) is 15.5. The van der Waals surface area contributed by atoms with Crippen LogP contribution in [0.2, 0.25) is 0 Å². The Hall–Kier alpha value is -1.99. The van der Waals surface area contributed by atoms with Crippen LogP contribution in [-0.4, -0.2) is 52.6 Å². The van der Waals surface area contributed by atoms with E-state index in [1.54, 1.807) is 18.0 Å². The molecule has 6 nitrogen and oxygen atoms in total. The number of hydrogen-bond acceptors (Lipinski definition) is 4. The molecule has 2 aromatic rings. The van der Waals surface area contributed by atoms with E-state index in [1.165, 1.54) is 12.1 Å². The minimum atomic E-state index is -0.308. The van der Waals surface area contributed by atoms with Crippen molar-refractivity contribution in [2.45, 2.75) is 19.4 Å². The Morgan fingerprint density at radius 3 is 3.18 bits per heavy atom. The predicted molar refractivity (Wildman–Crippen MR) is 79.3 cm³/mol. The lowest BCUT2D eigenvalue weighted by Gasteiger charge is -2.18. The third-order valence-corrected chi connectivity index (χ3v) is 3.71. The maximum atomic E-state index is 13.2. The molecule has 0 unspecified atom stereocenters. The fourth-order valence-electron chi connectivity index (χ4n) is 2.51. The molecule has 1 aromatic carbocycles. The molecular weight excluding hydrogens is 287 g/mol. The number of amides is 1. The van der Waals surface area contributed by atoms with Crippen molar-refractivity contribution in [3.05, 3.63) is 29.8 Å². The first-order valence-electron chi connectivity index (χ1n) is 7.38. The van der Waals surface area contributed by atoms with Gasteiger partial charge in [0.25, 0.3) is 0 Å². The predicted octanol–water partition coefficient (Wildman–Crippen LogP) is 1.69. The van der Waals surface area contributed by atoms with Crippen LogP contribution >= 0.6 is 0 Å². The molecule has 1 aliphatic rings. The average molecular weight is 306 g/mol. The highest BCUT2D eigenvalue weighted by Crippen LogP contribution is 2.14. The number of hydrogen-bond donors (Lipinski definition) is 1. The van der Waals surface area contributed by atoms with E-state index < -0.39 is 0 Å². The van der Waals surface area contributed by atoms with Gasteiger partial charge in [-0.3, -0.25) is 9.63 Å². The van der Waals surface area contributed by atoms with Crippen LogP contribution in [0, 0.1) is 5.82 Å².